The Labute approximate surface area is 126 Å². The van der Waals surface area contributed by atoms with E-state index in [1.54, 1.807) is 6.07 Å². The molecule has 0 saturated carbocycles. The van der Waals surface area contributed by atoms with E-state index in [2.05, 4.69) is 21.2 Å². The molecular weight excluding hydrogens is 325 g/mol. The maximum Gasteiger partial charge on any atom is 0.136 e. The van der Waals surface area contributed by atoms with E-state index >= 15 is 0 Å². The van der Waals surface area contributed by atoms with Gasteiger partial charge in [0.15, 0.2) is 0 Å². The number of halogens is 2. The quantitative estimate of drug-likeness (QED) is 0.855. The van der Waals surface area contributed by atoms with E-state index in [0.29, 0.717) is 18.9 Å². The molecule has 0 fully saturated rings. The minimum atomic E-state index is -0.319. The van der Waals surface area contributed by atoms with Crippen molar-refractivity contribution in [2.24, 2.45) is 0 Å². The normalized spacial score (nSPS) is 10.8. The molecule has 1 aromatic carbocycles. The van der Waals surface area contributed by atoms with Gasteiger partial charge in [0.05, 0.1) is 11.0 Å². The van der Waals surface area contributed by atoms with Crippen molar-refractivity contribution in [1.82, 2.24) is 5.32 Å². The molecule has 0 aliphatic carbocycles. The molecule has 2 rings (SSSR count). The van der Waals surface area contributed by atoms with Crippen LogP contribution in [0.1, 0.15) is 24.0 Å². The summed E-state index contributed by atoms with van der Waals surface area (Å²) in [5, 5.41) is 3.20. The molecule has 2 aromatic rings. The lowest BCUT2D eigenvalue weighted by molar-refractivity contribution is 0.299. The zero-order valence-electron chi connectivity index (χ0n) is 11.5. The largest absolute Gasteiger partial charge is 0.487 e. The average Bonchev–Trinajstić information content (AvgIpc) is 2.78. The Morgan fingerprint density at radius 2 is 2.15 bits per heavy atom. The molecule has 0 bridgehead atoms. The van der Waals surface area contributed by atoms with E-state index < -0.39 is 0 Å². The number of aryl methyl sites for hydroxylation is 1. The first kappa shape index (κ1) is 15.1. The Morgan fingerprint density at radius 1 is 1.35 bits per heavy atom. The lowest BCUT2D eigenvalue weighted by atomic mass is 10.2. The van der Waals surface area contributed by atoms with Gasteiger partial charge in [0.1, 0.15) is 29.7 Å². The van der Waals surface area contributed by atoms with E-state index in [0.717, 1.165) is 28.1 Å². The van der Waals surface area contributed by atoms with Gasteiger partial charge in [-0.3, -0.25) is 0 Å². The van der Waals surface area contributed by atoms with E-state index in [1.807, 2.05) is 19.9 Å². The Kier molecular flexibility index (Phi) is 5.20. The van der Waals surface area contributed by atoms with Gasteiger partial charge in [-0.25, -0.2) is 4.39 Å². The fourth-order valence-electron chi connectivity index (χ4n) is 1.81. The smallest absolute Gasteiger partial charge is 0.136 e. The van der Waals surface area contributed by atoms with Gasteiger partial charge >= 0.3 is 0 Å². The molecule has 0 radical (unpaired) electrons. The van der Waals surface area contributed by atoms with Crippen molar-refractivity contribution < 1.29 is 13.5 Å². The Hall–Kier alpha value is -1.33. The van der Waals surface area contributed by atoms with Gasteiger partial charge in [-0.1, -0.05) is 6.92 Å². The van der Waals surface area contributed by atoms with E-state index in [9.17, 15) is 4.39 Å². The first-order valence-electron chi connectivity index (χ1n) is 6.47. The van der Waals surface area contributed by atoms with Crippen molar-refractivity contribution in [3.8, 4) is 5.75 Å². The zero-order chi connectivity index (χ0) is 14.5. The Balaban J connectivity index is 2.03. The van der Waals surface area contributed by atoms with Crippen LogP contribution in [0.2, 0.25) is 0 Å². The van der Waals surface area contributed by atoms with Crippen LogP contribution in [0.4, 0.5) is 4.39 Å². The highest BCUT2D eigenvalue weighted by Crippen LogP contribution is 2.27. The predicted octanol–water partition coefficient (Wildman–Crippen LogP) is 4.18. The fraction of sp³-hybridized carbons (Fsp3) is 0.333. The molecule has 0 unspecified atom stereocenters. The third-order valence-corrected chi connectivity index (χ3v) is 3.55. The second-order valence-corrected chi connectivity index (χ2v) is 5.29. The summed E-state index contributed by atoms with van der Waals surface area (Å²) in [7, 11) is 0. The van der Waals surface area contributed by atoms with Gasteiger partial charge in [0.2, 0.25) is 0 Å². The van der Waals surface area contributed by atoms with Crippen molar-refractivity contribution in [1.29, 1.82) is 0 Å². The number of ether oxygens (including phenoxy) is 1. The lowest BCUT2D eigenvalue weighted by Gasteiger charge is -2.07. The molecule has 5 heteroatoms. The molecule has 0 aliphatic heterocycles. The summed E-state index contributed by atoms with van der Waals surface area (Å²) in [6.45, 7) is 5.88. The molecule has 1 aromatic heterocycles. The molecule has 3 nitrogen and oxygen atoms in total. The van der Waals surface area contributed by atoms with E-state index in [1.165, 1.54) is 12.1 Å². The number of furan rings is 1. The van der Waals surface area contributed by atoms with Crippen molar-refractivity contribution in [2.45, 2.75) is 27.0 Å². The van der Waals surface area contributed by atoms with Gasteiger partial charge in [-0.2, -0.15) is 0 Å². The SMILES string of the molecule is CCNCc1cc(COc2cc(F)ccc2Br)c(C)o1. The molecule has 1 N–H and O–H groups in total. The number of rotatable bonds is 6. The summed E-state index contributed by atoms with van der Waals surface area (Å²) >= 11 is 3.34. The number of nitrogens with one attached hydrogen (secondary N) is 1. The van der Waals surface area contributed by atoms with Crippen LogP contribution in [0.3, 0.4) is 0 Å². The van der Waals surface area contributed by atoms with Crippen molar-refractivity contribution in [3.63, 3.8) is 0 Å². The van der Waals surface area contributed by atoms with E-state index in [4.69, 9.17) is 9.15 Å². The summed E-state index contributed by atoms with van der Waals surface area (Å²) in [4.78, 5) is 0. The van der Waals surface area contributed by atoms with E-state index in [-0.39, 0.29) is 5.82 Å². The van der Waals surface area contributed by atoms with Crippen LogP contribution in [-0.2, 0) is 13.2 Å². The molecule has 0 aliphatic rings. The maximum atomic E-state index is 13.2. The third kappa shape index (κ3) is 3.84. The minimum Gasteiger partial charge on any atom is -0.487 e. The number of hydrogen-bond acceptors (Lipinski definition) is 3. The predicted molar refractivity (Wildman–Crippen MR) is 79.3 cm³/mol. The highest BCUT2D eigenvalue weighted by atomic mass is 79.9. The van der Waals surface area contributed by atoms with Gasteiger partial charge in [0, 0.05) is 11.6 Å². The summed E-state index contributed by atoms with van der Waals surface area (Å²) in [6.07, 6.45) is 0. The molecule has 0 atom stereocenters. The Morgan fingerprint density at radius 3 is 2.90 bits per heavy atom. The van der Waals surface area contributed by atoms with Crippen LogP contribution >= 0.6 is 15.9 Å². The van der Waals surface area contributed by atoms with Crippen molar-refractivity contribution in [2.75, 3.05) is 6.54 Å². The third-order valence-electron chi connectivity index (χ3n) is 2.90. The van der Waals surface area contributed by atoms with Crippen LogP contribution in [0.5, 0.6) is 5.75 Å². The van der Waals surface area contributed by atoms with Crippen LogP contribution in [0, 0.1) is 12.7 Å². The zero-order valence-corrected chi connectivity index (χ0v) is 13.1. The van der Waals surface area contributed by atoms with Crippen molar-refractivity contribution >= 4 is 15.9 Å². The summed E-state index contributed by atoms with van der Waals surface area (Å²) in [6, 6.07) is 6.34. The van der Waals surface area contributed by atoms with Crippen LogP contribution in [0.25, 0.3) is 0 Å². The summed E-state index contributed by atoms with van der Waals surface area (Å²) in [5.74, 6) is 1.87. The first-order valence-corrected chi connectivity index (χ1v) is 7.26. The van der Waals surface area contributed by atoms with Crippen LogP contribution < -0.4 is 10.1 Å². The van der Waals surface area contributed by atoms with Crippen LogP contribution in [-0.4, -0.2) is 6.54 Å². The Bertz CT molecular complexity index is 583. The maximum absolute atomic E-state index is 13.2. The highest BCUT2D eigenvalue weighted by Gasteiger charge is 2.09. The number of hydrogen-bond donors (Lipinski definition) is 1. The second kappa shape index (κ2) is 6.90. The standard InChI is InChI=1S/C15H17BrFNO2/c1-3-18-8-13-6-11(10(2)20-13)9-19-15-7-12(17)4-5-14(15)16/h4-7,18H,3,8-9H2,1-2H3. The topological polar surface area (TPSA) is 34.4 Å². The molecule has 1 heterocycles. The van der Waals surface area contributed by atoms with Gasteiger partial charge < -0.3 is 14.5 Å². The van der Waals surface area contributed by atoms with Crippen LogP contribution in [0.15, 0.2) is 33.2 Å². The molecule has 0 saturated heterocycles. The van der Waals surface area contributed by atoms with Gasteiger partial charge in [-0.05, 0) is 47.6 Å². The lowest BCUT2D eigenvalue weighted by Crippen LogP contribution is -2.10. The van der Waals surface area contributed by atoms with Crippen molar-refractivity contribution in [3.05, 3.63) is 51.6 Å². The summed E-state index contributed by atoms with van der Waals surface area (Å²) in [5.41, 5.74) is 0.967. The monoisotopic (exact) mass is 341 g/mol. The van der Waals surface area contributed by atoms with Gasteiger partial charge in [0.25, 0.3) is 0 Å². The molecule has 20 heavy (non-hydrogen) atoms. The van der Waals surface area contributed by atoms with Gasteiger partial charge in [-0.15, -0.1) is 0 Å². The second-order valence-electron chi connectivity index (χ2n) is 4.44. The molecule has 0 amide bonds. The number of benzene rings is 1. The molecule has 108 valence electrons. The summed E-state index contributed by atoms with van der Waals surface area (Å²) < 4.78 is 25.2. The first-order chi connectivity index (χ1) is 9.60. The molecule has 0 spiro atoms. The minimum absolute atomic E-state index is 0.319. The average molecular weight is 342 g/mol. The fourth-order valence-corrected chi connectivity index (χ4v) is 2.17. The molecular formula is C15H17BrFNO2. The highest BCUT2D eigenvalue weighted by molar-refractivity contribution is 9.10.